The van der Waals surface area contributed by atoms with Gasteiger partial charge in [0.1, 0.15) is 0 Å². The van der Waals surface area contributed by atoms with Crippen LogP contribution in [0.2, 0.25) is 0 Å². The van der Waals surface area contributed by atoms with Crippen molar-refractivity contribution >= 4 is 5.65 Å². The number of nitrogens with zero attached hydrogens (tertiary/aromatic N) is 4. The van der Waals surface area contributed by atoms with Gasteiger partial charge in [0.05, 0.1) is 18.4 Å². The van der Waals surface area contributed by atoms with Crippen molar-refractivity contribution in [2.45, 2.75) is 44.7 Å². The Morgan fingerprint density at radius 3 is 2.79 bits per heavy atom. The first-order valence-electron chi connectivity index (χ1n) is 12.3. The normalized spacial score (nSPS) is 20.3. The number of ether oxygens (including phenoxy) is 2. The molecule has 2 saturated heterocycles. The summed E-state index contributed by atoms with van der Waals surface area (Å²) in [5, 5.41) is 8.45. The molecule has 2 aliphatic rings. The fraction of sp³-hybridized carbons (Fsp3) is 0.538. The van der Waals surface area contributed by atoms with E-state index in [1.165, 1.54) is 24.1 Å². The first kappa shape index (κ1) is 22.3. The highest BCUT2D eigenvalue weighted by atomic mass is 16.5. The van der Waals surface area contributed by atoms with E-state index in [0.717, 1.165) is 63.4 Å². The third kappa shape index (κ3) is 5.21. The number of rotatable bonds is 8. The molecule has 1 aromatic carbocycles. The third-order valence-electron chi connectivity index (χ3n) is 7.05. The molecule has 7 heteroatoms. The van der Waals surface area contributed by atoms with Crippen LogP contribution in [0.25, 0.3) is 5.65 Å². The molecule has 0 radical (unpaired) electrons. The molecule has 2 aromatic heterocycles. The summed E-state index contributed by atoms with van der Waals surface area (Å²) in [7, 11) is 1.70. The van der Waals surface area contributed by atoms with Crippen LogP contribution in [0.1, 0.15) is 48.4 Å². The maximum absolute atomic E-state index is 5.67. The highest BCUT2D eigenvalue weighted by Crippen LogP contribution is 2.30. The molecular formula is C26H35N5O2. The van der Waals surface area contributed by atoms with Crippen molar-refractivity contribution in [3.63, 3.8) is 0 Å². The van der Waals surface area contributed by atoms with E-state index in [2.05, 4.69) is 46.6 Å². The lowest BCUT2D eigenvalue weighted by molar-refractivity contribution is 0.0662. The minimum atomic E-state index is 0.431. The van der Waals surface area contributed by atoms with E-state index < -0.39 is 0 Å². The molecule has 33 heavy (non-hydrogen) atoms. The van der Waals surface area contributed by atoms with Crippen molar-refractivity contribution in [3.05, 3.63) is 59.4 Å². The topological polar surface area (TPSA) is 63.9 Å². The molecule has 7 nitrogen and oxygen atoms in total. The van der Waals surface area contributed by atoms with Gasteiger partial charge < -0.3 is 14.8 Å². The molecule has 0 saturated carbocycles. The van der Waals surface area contributed by atoms with E-state index in [1.54, 1.807) is 7.11 Å². The van der Waals surface area contributed by atoms with Crippen LogP contribution in [0.15, 0.2) is 42.6 Å². The predicted octanol–water partition coefficient (Wildman–Crippen LogP) is 3.63. The van der Waals surface area contributed by atoms with Gasteiger partial charge in [-0.2, -0.15) is 0 Å². The van der Waals surface area contributed by atoms with Crippen LogP contribution >= 0.6 is 0 Å². The van der Waals surface area contributed by atoms with E-state index >= 15 is 0 Å². The number of hydrogen-bond donors (Lipinski definition) is 1. The van der Waals surface area contributed by atoms with E-state index in [4.69, 9.17) is 19.6 Å². The second kappa shape index (κ2) is 10.6. The molecular weight excluding hydrogens is 414 g/mol. The van der Waals surface area contributed by atoms with Crippen LogP contribution in [0.3, 0.4) is 0 Å². The molecule has 3 aromatic rings. The van der Waals surface area contributed by atoms with E-state index in [0.29, 0.717) is 24.3 Å². The average molecular weight is 450 g/mol. The third-order valence-corrected chi connectivity index (χ3v) is 7.05. The molecule has 1 N–H and O–H groups in total. The highest BCUT2D eigenvalue weighted by Gasteiger charge is 2.26. The maximum atomic E-state index is 5.67. The van der Waals surface area contributed by atoms with Crippen molar-refractivity contribution in [2.24, 2.45) is 5.92 Å². The Labute approximate surface area is 196 Å². The number of likely N-dealkylation sites (tertiary alicyclic amines) is 1. The van der Waals surface area contributed by atoms with Crippen LogP contribution in [0.4, 0.5) is 0 Å². The van der Waals surface area contributed by atoms with Gasteiger partial charge in [-0.05, 0) is 56.3 Å². The SMILES string of the molecule is COc1nn2c(C3CCCN(Cc4ccccc4)C3)ccnc2c1CNCC1CCOCC1. The smallest absolute Gasteiger partial charge is 0.239 e. The summed E-state index contributed by atoms with van der Waals surface area (Å²) in [5.41, 5.74) is 4.55. The van der Waals surface area contributed by atoms with E-state index in [9.17, 15) is 0 Å². The summed E-state index contributed by atoms with van der Waals surface area (Å²) >= 11 is 0. The lowest BCUT2D eigenvalue weighted by atomic mass is 9.94. The minimum Gasteiger partial charge on any atom is -0.480 e. The summed E-state index contributed by atoms with van der Waals surface area (Å²) in [4.78, 5) is 7.27. The van der Waals surface area contributed by atoms with Crippen LogP contribution in [-0.2, 0) is 17.8 Å². The van der Waals surface area contributed by atoms with Crippen molar-refractivity contribution in [1.29, 1.82) is 0 Å². The maximum Gasteiger partial charge on any atom is 0.239 e. The van der Waals surface area contributed by atoms with Crippen molar-refractivity contribution < 1.29 is 9.47 Å². The molecule has 0 bridgehead atoms. The number of nitrogens with one attached hydrogen (secondary N) is 1. The first-order chi connectivity index (χ1) is 16.3. The van der Waals surface area contributed by atoms with Crippen LogP contribution in [0.5, 0.6) is 5.88 Å². The number of benzene rings is 1. The summed E-state index contributed by atoms with van der Waals surface area (Å²) in [6.45, 7) is 6.62. The monoisotopic (exact) mass is 449 g/mol. The van der Waals surface area contributed by atoms with Gasteiger partial charge in [-0.3, -0.25) is 4.90 Å². The van der Waals surface area contributed by atoms with Crippen molar-refractivity contribution in [3.8, 4) is 5.88 Å². The molecule has 0 aliphatic carbocycles. The standard InChI is InChI=1S/C26H35N5O2/c1-32-26-23(17-27-16-20-10-14-33-15-11-20)25-28-12-9-24(31(25)29-26)22-8-5-13-30(19-22)18-21-6-3-2-4-7-21/h2-4,6-7,9,12,20,22,27H,5,8,10-11,13-19H2,1H3. The second-order valence-corrected chi connectivity index (χ2v) is 9.34. The zero-order valence-electron chi connectivity index (χ0n) is 19.6. The fourth-order valence-electron chi connectivity index (χ4n) is 5.25. The van der Waals surface area contributed by atoms with Gasteiger partial charge in [-0.25, -0.2) is 9.50 Å². The molecule has 5 rings (SSSR count). The molecule has 1 unspecified atom stereocenters. The summed E-state index contributed by atoms with van der Waals surface area (Å²) in [6.07, 6.45) is 6.55. The molecule has 0 amide bonds. The van der Waals surface area contributed by atoms with E-state index in [1.807, 2.05) is 10.7 Å². The molecule has 2 fully saturated rings. The number of fused-ring (bicyclic) bond motifs is 1. The van der Waals surface area contributed by atoms with E-state index in [-0.39, 0.29) is 0 Å². The minimum absolute atomic E-state index is 0.431. The van der Waals surface area contributed by atoms with Gasteiger partial charge in [0.15, 0.2) is 5.65 Å². The predicted molar refractivity (Wildman–Crippen MR) is 128 cm³/mol. The van der Waals surface area contributed by atoms with Gasteiger partial charge in [-0.15, -0.1) is 5.10 Å². The lowest BCUT2D eigenvalue weighted by Crippen LogP contribution is -2.34. The van der Waals surface area contributed by atoms with Crippen molar-refractivity contribution in [1.82, 2.24) is 24.8 Å². The highest BCUT2D eigenvalue weighted by molar-refractivity contribution is 5.53. The Balaban J connectivity index is 1.32. The molecule has 2 aliphatic heterocycles. The largest absolute Gasteiger partial charge is 0.480 e. The summed E-state index contributed by atoms with van der Waals surface area (Å²) in [6, 6.07) is 12.9. The zero-order valence-corrected chi connectivity index (χ0v) is 19.6. The average Bonchev–Trinajstić information content (AvgIpc) is 3.23. The summed E-state index contributed by atoms with van der Waals surface area (Å²) < 4.78 is 13.2. The lowest BCUT2D eigenvalue weighted by Gasteiger charge is -2.33. The quantitative estimate of drug-likeness (QED) is 0.567. The van der Waals surface area contributed by atoms with Gasteiger partial charge in [0.25, 0.3) is 0 Å². The Morgan fingerprint density at radius 2 is 1.97 bits per heavy atom. The Bertz CT molecular complexity index is 1030. The van der Waals surface area contributed by atoms with Crippen LogP contribution < -0.4 is 10.1 Å². The molecule has 4 heterocycles. The Kier molecular flexibility index (Phi) is 7.19. The molecule has 1 atom stereocenters. The summed E-state index contributed by atoms with van der Waals surface area (Å²) in [5.74, 6) is 1.78. The van der Waals surface area contributed by atoms with Crippen molar-refractivity contribution in [2.75, 3.05) is 40.0 Å². The van der Waals surface area contributed by atoms with Crippen LogP contribution in [0, 0.1) is 5.92 Å². The molecule has 0 spiro atoms. The zero-order chi connectivity index (χ0) is 22.5. The second-order valence-electron chi connectivity index (χ2n) is 9.34. The number of aromatic nitrogens is 3. The number of piperidine rings is 1. The van der Waals surface area contributed by atoms with Gasteiger partial charge >= 0.3 is 0 Å². The van der Waals surface area contributed by atoms with Gasteiger partial charge in [0.2, 0.25) is 5.88 Å². The fourth-order valence-corrected chi connectivity index (χ4v) is 5.25. The van der Waals surface area contributed by atoms with Crippen LogP contribution in [-0.4, -0.2) is 59.5 Å². The number of methoxy groups -OCH3 is 1. The van der Waals surface area contributed by atoms with Gasteiger partial charge in [-0.1, -0.05) is 30.3 Å². The van der Waals surface area contributed by atoms with Gasteiger partial charge in [0, 0.05) is 45.0 Å². The Hall–Kier alpha value is -2.48. The Morgan fingerprint density at radius 1 is 1.12 bits per heavy atom. The first-order valence-corrected chi connectivity index (χ1v) is 12.3. The number of hydrogen-bond acceptors (Lipinski definition) is 6. The molecule has 176 valence electrons.